The highest BCUT2D eigenvalue weighted by Crippen LogP contribution is 1.93. The molecule has 56 valence electrons. The molecule has 0 heterocycles. The predicted octanol–water partition coefficient (Wildman–Crippen LogP) is -2.86. The molecule has 0 aromatic heterocycles. The fraction of sp³-hybridized carbons (Fsp3) is 0.143. The molecule has 0 atom stereocenters. The predicted molar refractivity (Wildman–Crippen MR) is 33.9 cm³/mol. The summed E-state index contributed by atoms with van der Waals surface area (Å²) in [4.78, 5) is 0. The first-order valence-electron chi connectivity index (χ1n) is 2.93. The van der Waals surface area contributed by atoms with Gasteiger partial charge in [0.15, 0.2) is 0 Å². The van der Waals surface area contributed by atoms with Crippen molar-refractivity contribution in [2.24, 2.45) is 0 Å². The molecule has 0 bridgehead atoms. The number of quaternary nitrogens is 1. The lowest BCUT2D eigenvalue weighted by Crippen LogP contribution is -3.00. The van der Waals surface area contributed by atoms with Crippen molar-refractivity contribution in [1.29, 1.82) is 0 Å². The summed E-state index contributed by atoms with van der Waals surface area (Å²) in [6.07, 6.45) is 0. The quantitative estimate of drug-likeness (QED) is 0.448. The van der Waals surface area contributed by atoms with Gasteiger partial charge in [-0.1, -0.05) is 30.3 Å². The van der Waals surface area contributed by atoms with Crippen LogP contribution in [-0.2, 0) is 6.54 Å². The lowest BCUT2D eigenvalue weighted by molar-refractivity contribution is -0.899. The Morgan fingerprint density at radius 3 is 2.30 bits per heavy atom. The number of hydroxylamine groups is 1. The van der Waals surface area contributed by atoms with Crippen LogP contribution in [0.5, 0.6) is 0 Å². The van der Waals surface area contributed by atoms with Gasteiger partial charge < -0.3 is 12.4 Å². The van der Waals surface area contributed by atoms with E-state index in [9.17, 15) is 0 Å². The summed E-state index contributed by atoms with van der Waals surface area (Å²) in [7, 11) is 0. The maximum Gasteiger partial charge on any atom is 0.131 e. The van der Waals surface area contributed by atoms with Gasteiger partial charge in [0, 0.05) is 5.56 Å². The van der Waals surface area contributed by atoms with E-state index in [1.54, 1.807) is 0 Å². The zero-order valence-corrected chi connectivity index (χ0v) is 6.25. The first-order chi connectivity index (χ1) is 4.43. The average molecular weight is 160 g/mol. The number of benzene rings is 1. The van der Waals surface area contributed by atoms with E-state index in [2.05, 4.69) is 0 Å². The molecule has 1 rings (SSSR count). The third-order valence-electron chi connectivity index (χ3n) is 1.17. The summed E-state index contributed by atoms with van der Waals surface area (Å²) in [5.74, 6) is 0. The van der Waals surface area contributed by atoms with E-state index in [1.807, 2.05) is 30.3 Å². The summed E-state index contributed by atoms with van der Waals surface area (Å²) in [6.45, 7) is 0.640. The molecule has 0 aliphatic rings. The van der Waals surface area contributed by atoms with Crippen molar-refractivity contribution in [3.8, 4) is 0 Å². The molecule has 10 heavy (non-hydrogen) atoms. The molecular weight excluding hydrogens is 150 g/mol. The lowest BCUT2D eigenvalue weighted by Gasteiger charge is -1.91. The van der Waals surface area contributed by atoms with Crippen molar-refractivity contribution < 1.29 is 23.1 Å². The molecule has 0 saturated heterocycles. The molecule has 3 heteroatoms. The number of halogens is 1. The zero-order valence-electron chi connectivity index (χ0n) is 5.50. The molecule has 3 N–H and O–H groups in total. The minimum Gasteiger partial charge on any atom is -1.00 e. The highest BCUT2D eigenvalue weighted by Gasteiger charge is 1.87. The maximum atomic E-state index is 8.39. The largest absolute Gasteiger partial charge is 1.00 e. The fourth-order valence-corrected chi connectivity index (χ4v) is 0.720. The Balaban J connectivity index is 0.000000810. The van der Waals surface area contributed by atoms with Crippen molar-refractivity contribution in [3.05, 3.63) is 35.9 Å². The van der Waals surface area contributed by atoms with E-state index in [0.29, 0.717) is 6.54 Å². The van der Waals surface area contributed by atoms with Crippen LogP contribution in [0.1, 0.15) is 5.56 Å². The smallest absolute Gasteiger partial charge is 0.131 e. The standard InChI is InChI=1S/C7H9NO.ClH/c9-8-6-7-4-2-1-3-5-7;/h1-5,8-9H,6H2;1H. The Morgan fingerprint density at radius 1 is 1.20 bits per heavy atom. The molecule has 0 aliphatic heterocycles. The van der Waals surface area contributed by atoms with E-state index in [0.717, 1.165) is 11.0 Å². The van der Waals surface area contributed by atoms with Crippen molar-refractivity contribution in [1.82, 2.24) is 0 Å². The maximum absolute atomic E-state index is 8.39. The summed E-state index contributed by atoms with van der Waals surface area (Å²) < 4.78 is 0. The van der Waals surface area contributed by atoms with Gasteiger partial charge in [-0.3, -0.25) is 0 Å². The molecule has 1 aromatic rings. The average Bonchev–Trinajstić information content (AvgIpc) is 1.91. The van der Waals surface area contributed by atoms with Crippen LogP contribution in [0.3, 0.4) is 0 Å². The van der Waals surface area contributed by atoms with Crippen molar-refractivity contribution in [3.63, 3.8) is 0 Å². The Morgan fingerprint density at radius 2 is 1.80 bits per heavy atom. The Kier molecular flexibility index (Phi) is 4.94. The first-order valence-corrected chi connectivity index (χ1v) is 2.93. The van der Waals surface area contributed by atoms with E-state index in [1.165, 1.54) is 0 Å². The third-order valence-corrected chi connectivity index (χ3v) is 1.17. The summed E-state index contributed by atoms with van der Waals surface area (Å²) in [5.41, 5.74) is 2.30. The SMILES string of the molecule is O[NH2+]Cc1ccccc1.[Cl-]. The molecule has 0 aliphatic carbocycles. The van der Waals surface area contributed by atoms with Crippen LogP contribution in [0.15, 0.2) is 30.3 Å². The number of hydrogen-bond donors (Lipinski definition) is 2. The summed E-state index contributed by atoms with van der Waals surface area (Å²) in [5, 5.41) is 8.39. The topological polar surface area (TPSA) is 36.8 Å². The van der Waals surface area contributed by atoms with Gasteiger partial charge in [-0.15, -0.1) is 0 Å². The van der Waals surface area contributed by atoms with Gasteiger partial charge in [0.05, 0.1) is 0 Å². The van der Waals surface area contributed by atoms with Gasteiger partial charge in [-0.05, 0) is 0 Å². The molecule has 0 unspecified atom stereocenters. The molecule has 0 spiro atoms. The first kappa shape index (κ1) is 9.43. The van der Waals surface area contributed by atoms with Crippen molar-refractivity contribution in [2.45, 2.75) is 6.54 Å². The van der Waals surface area contributed by atoms with Gasteiger partial charge in [0.25, 0.3) is 0 Å². The molecular formula is C7H10ClNO. The van der Waals surface area contributed by atoms with Gasteiger partial charge in [-0.25, -0.2) is 10.7 Å². The molecule has 1 aromatic carbocycles. The second-order valence-corrected chi connectivity index (χ2v) is 1.87. The van der Waals surface area contributed by atoms with Crippen molar-refractivity contribution in [2.75, 3.05) is 0 Å². The highest BCUT2D eigenvalue weighted by molar-refractivity contribution is 5.12. The minimum atomic E-state index is 0. The highest BCUT2D eigenvalue weighted by atomic mass is 35.5. The second-order valence-electron chi connectivity index (χ2n) is 1.87. The second kappa shape index (κ2) is 5.23. The zero-order chi connectivity index (χ0) is 6.53. The van der Waals surface area contributed by atoms with Crippen LogP contribution >= 0.6 is 0 Å². The fourth-order valence-electron chi connectivity index (χ4n) is 0.720. The molecule has 0 saturated carbocycles. The van der Waals surface area contributed by atoms with Crippen LogP contribution in [0.25, 0.3) is 0 Å². The van der Waals surface area contributed by atoms with Crippen LogP contribution in [0.2, 0.25) is 0 Å². The van der Waals surface area contributed by atoms with E-state index >= 15 is 0 Å². The Hall–Kier alpha value is -0.570. The number of nitrogens with two attached hydrogens (primary N) is 1. The number of hydrogen-bond acceptors (Lipinski definition) is 1. The Bertz CT molecular complexity index is 167. The normalized spacial score (nSPS) is 8.50. The van der Waals surface area contributed by atoms with E-state index in [4.69, 9.17) is 5.21 Å². The summed E-state index contributed by atoms with van der Waals surface area (Å²) >= 11 is 0. The van der Waals surface area contributed by atoms with Crippen LogP contribution in [0.4, 0.5) is 0 Å². The number of rotatable bonds is 2. The molecule has 0 amide bonds. The van der Waals surface area contributed by atoms with Crippen molar-refractivity contribution >= 4 is 0 Å². The van der Waals surface area contributed by atoms with Gasteiger partial charge in [0.1, 0.15) is 6.54 Å². The van der Waals surface area contributed by atoms with E-state index < -0.39 is 0 Å². The van der Waals surface area contributed by atoms with Crippen LogP contribution in [-0.4, -0.2) is 5.21 Å². The van der Waals surface area contributed by atoms with Gasteiger partial charge in [-0.2, -0.15) is 0 Å². The third kappa shape index (κ3) is 2.82. The molecule has 0 fully saturated rings. The Labute approximate surface area is 66.2 Å². The minimum absolute atomic E-state index is 0. The molecule has 0 radical (unpaired) electrons. The molecule has 2 nitrogen and oxygen atoms in total. The van der Waals surface area contributed by atoms with E-state index in [-0.39, 0.29) is 12.4 Å². The van der Waals surface area contributed by atoms with Crippen LogP contribution in [0, 0.1) is 0 Å². The van der Waals surface area contributed by atoms with Gasteiger partial charge >= 0.3 is 0 Å². The summed E-state index contributed by atoms with van der Waals surface area (Å²) in [6, 6.07) is 9.83. The monoisotopic (exact) mass is 159 g/mol. The van der Waals surface area contributed by atoms with Crippen LogP contribution < -0.4 is 17.9 Å². The lowest BCUT2D eigenvalue weighted by atomic mass is 10.2. The van der Waals surface area contributed by atoms with Gasteiger partial charge in [0.2, 0.25) is 0 Å².